The van der Waals surface area contributed by atoms with Gasteiger partial charge in [0.2, 0.25) is 0 Å². The number of furan rings is 1. The van der Waals surface area contributed by atoms with Crippen molar-refractivity contribution in [1.82, 2.24) is 15.3 Å². The van der Waals surface area contributed by atoms with Gasteiger partial charge in [0, 0.05) is 43.2 Å². The molecule has 0 unspecified atom stereocenters. The minimum atomic E-state index is 0.0589. The Morgan fingerprint density at radius 2 is 2.04 bits per heavy atom. The van der Waals surface area contributed by atoms with Crippen molar-refractivity contribution in [3.63, 3.8) is 0 Å². The molecule has 0 saturated carbocycles. The number of hydrogen-bond donors (Lipinski definition) is 3. The first-order valence-electron chi connectivity index (χ1n) is 9.36. The topological polar surface area (TPSA) is 83.2 Å². The van der Waals surface area contributed by atoms with Crippen LogP contribution in [-0.4, -0.2) is 34.8 Å². The molecule has 3 aromatic rings. The summed E-state index contributed by atoms with van der Waals surface area (Å²) in [5, 5.41) is 16.6. The van der Waals surface area contributed by atoms with E-state index in [1.54, 1.807) is 6.26 Å². The van der Waals surface area contributed by atoms with Gasteiger partial charge < -0.3 is 20.2 Å². The summed E-state index contributed by atoms with van der Waals surface area (Å²) in [5.74, 6) is 2.55. The smallest absolute Gasteiger partial charge is 0.161 e. The van der Waals surface area contributed by atoms with E-state index in [1.165, 1.54) is 5.56 Å². The number of rotatable bonds is 7. The molecule has 6 heteroatoms. The van der Waals surface area contributed by atoms with E-state index in [2.05, 4.69) is 10.6 Å². The average Bonchev–Trinajstić information content (AvgIpc) is 3.24. The summed E-state index contributed by atoms with van der Waals surface area (Å²) in [6, 6.07) is 13.8. The van der Waals surface area contributed by atoms with Crippen LogP contribution in [0.3, 0.4) is 0 Å². The van der Waals surface area contributed by atoms with E-state index in [1.807, 2.05) is 42.5 Å². The van der Waals surface area contributed by atoms with Crippen molar-refractivity contribution in [3.05, 3.63) is 65.7 Å². The Kier molecular flexibility index (Phi) is 5.46. The minimum absolute atomic E-state index is 0.0589. The van der Waals surface area contributed by atoms with Gasteiger partial charge in [-0.25, -0.2) is 9.97 Å². The second kappa shape index (κ2) is 8.33. The quantitative estimate of drug-likeness (QED) is 0.598. The molecule has 27 heavy (non-hydrogen) atoms. The molecule has 1 aliphatic rings. The highest BCUT2D eigenvalue weighted by molar-refractivity contribution is 5.60. The second-order valence-corrected chi connectivity index (χ2v) is 6.83. The Bertz CT molecular complexity index is 865. The molecule has 6 nitrogen and oxygen atoms in total. The number of benzene rings is 1. The maximum Gasteiger partial charge on any atom is 0.161 e. The van der Waals surface area contributed by atoms with Crippen LogP contribution in [0.2, 0.25) is 0 Å². The highest BCUT2D eigenvalue weighted by Crippen LogP contribution is 2.25. The molecule has 1 aromatic carbocycles. The lowest BCUT2D eigenvalue weighted by Crippen LogP contribution is -2.28. The zero-order valence-corrected chi connectivity index (χ0v) is 15.2. The number of aromatic nitrogens is 2. The molecule has 0 radical (unpaired) electrons. The van der Waals surface area contributed by atoms with Gasteiger partial charge in [-0.15, -0.1) is 0 Å². The van der Waals surface area contributed by atoms with E-state index < -0.39 is 0 Å². The van der Waals surface area contributed by atoms with Gasteiger partial charge >= 0.3 is 0 Å². The summed E-state index contributed by atoms with van der Waals surface area (Å²) in [7, 11) is 0. The van der Waals surface area contributed by atoms with Crippen LogP contribution in [0.5, 0.6) is 0 Å². The molecule has 0 bridgehead atoms. The van der Waals surface area contributed by atoms with E-state index in [0.717, 1.165) is 48.2 Å². The normalized spacial score (nSPS) is 14.6. The van der Waals surface area contributed by atoms with Crippen molar-refractivity contribution < 1.29 is 9.52 Å². The van der Waals surface area contributed by atoms with Crippen LogP contribution >= 0.6 is 0 Å². The van der Waals surface area contributed by atoms with Crippen LogP contribution in [-0.2, 0) is 19.4 Å². The molecule has 1 atom stereocenters. The SMILES string of the molecule is OC[C@H](CNc1nc(-c2ccccc2)nc2c1CCNC2)Cc1ccco1. The first kappa shape index (κ1) is 17.7. The van der Waals surface area contributed by atoms with E-state index in [-0.39, 0.29) is 12.5 Å². The Morgan fingerprint density at radius 1 is 1.15 bits per heavy atom. The average molecular weight is 364 g/mol. The Morgan fingerprint density at radius 3 is 2.81 bits per heavy atom. The fourth-order valence-corrected chi connectivity index (χ4v) is 3.38. The van der Waals surface area contributed by atoms with E-state index >= 15 is 0 Å². The van der Waals surface area contributed by atoms with Crippen LogP contribution in [0.4, 0.5) is 5.82 Å². The maximum atomic E-state index is 9.75. The third-order valence-electron chi connectivity index (χ3n) is 4.86. The first-order valence-corrected chi connectivity index (χ1v) is 9.36. The lowest BCUT2D eigenvalue weighted by atomic mass is 10.0. The summed E-state index contributed by atoms with van der Waals surface area (Å²) < 4.78 is 5.41. The molecule has 3 N–H and O–H groups in total. The number of nitrogens with one attached hydrogen (secondary N) is 2. The molecule has 2 aromatic heterocycles. The van der Waals surface area contributed by atoms with Crippen molar-refractivity contribution in [2.24, 2.45) is 5.92 Å². The number of anilines is 1. The molecule has 3 heterocycles. The van der Waals surface area contributed by atoms with Gasteiger partial charge in [-0.2, -0.15) is 0 Å². The standard InChI is InChI=1S/C21H24N4O2/c26-14-15(11-17-7-4-10-27-17)12-23-21-18-8-9-22-13-19(18)24-20(25-21)16-5-2-1-3-6-16/h1-7,10,15,22,26H,8-9,11-14H2,(H,23,24,25)/t15-/m0/s1. The number of nitrogens with zero attached hydrogens (tertiary/aromatic N) is 2. The summed E-state index contributed by atoms with van der Waals surface area (Å²) in [6.45, 7) is 2.39. The number of hydrogen-bond acceptors (Lipinski definition) is 6. The van der Waals surface area contributed by atoms with Crippen molar-refractivity contribution >= 4 is 5.82 Å². The van der Waals surface area contributed by atoms with Gasteiger partial charge in [0.05, 0.1) is 12.0 Å². The monoisotopic (exact) mass is 364 g/mol. The highest BCUT2D eigenvalue weighted by atomic mass is 16.3. The van der Waals surface area contributed by atoms with Crippen LogP contribution in [0.15, 0.2) is 53.1 Å². The lowest BCUT2D eigenvalue weighted by molar-refractivity contribution is 0.226. The third-order valence-corrected chi connectivity index (χ3v) is 4.86. The number of fused-ring (bicyclic) bond motifs is 1. The second-order valence-electron chi connectivity index (χ2n) is 6.83. The molecule has 1 aliphatic heterocycles. The molecule has 0 amide bonds. The molecule has 0 aliphatic carbocycles. The van der Waals surface area contributed by atoms with Crippen molar-refractivity contribution in [3.8, 4) is 11.4 Å². The van der Waals surface area contributed by atoms with Gasteiger partial charge in [0.1, 0.15) is 11.6 Å². The fraction of sp³-hybridized carbons (Fsp3) is 0.333. The zero-order chi connectivity index (χ0) is 18.5. The molecular weight excluding hydrogens is 340 g/mol. The third kappa shape index (κ3) is 4.18. The molecule has 0 saturated heterocycles. The summed E-state index contributed by atoms with van der Waals surface area (Å²) in [5.41, 5.74) is 3.22. The van der Waals surface area contributed by atoms with Gasteiger partial charge in [0.15, 0.2) is 5.82 Å². The lowest BCUT2D eigenvalue weighted by Gasteiger charge is -2.22. The van der Waals surface area contributed by atoms with E-state index in [4.69, 9.17) is 14.4 Å². The number of aliphatic hydroxyl groups is 1. The van der Waals surface area contributed by atoms with Crippen LogP contribution in [0, 0.1) is 5.92 Å². The highest BCUT2D eigenvalue weighted by Gasteiger charge is 2.19. The maximum absolute atomic E-state index is 9.75. The van der Waals surface area contributed by atoms with Crippen molar-refractivity contribution in [2.45, 2.75) is 19.4 Å². The van der Waals surface area contributed by atoms with Gasteiger partial charge in [-0.3, -0.25) is 0 Å². The summed E-state index contributed by atoms with van der Waals surface area (Å²) in [4.78, 5) is 9.58. The Labute approximate surface area is 158 Å². The van der Waals surface area contributed by atoms with Gasteiger partial charge in [-0.05, 0) is 25.1 Å². The Hall–Kier alpha value is -2.70. The van der Waals surface area contributed by atoms with Gasteiger partial charge in [0.25, 0.3) is 0 Å². The number of aliphatic hydroxyl groups excluding tert-OH is 1. The molecule has 0 spiro atoms. The predicted molar refractivity (Wildman–Crippen MR) is 104 cm³/mol. The van der Waals surface area contributed by atoms with Crippen molar-refractivity contribution in [1.29, 1.82) is 0 Å². The van der Waals surface area contributed by atoms with Crippen LogP contribution < -0.4 is 10.6 Å². The van der Waals surface area contributed by atoms with Crippen LogP contribution in [0.25, 0.3) is 11.4 Å². The molecular formula is C21H24N4O2. The molecule has 4 rings (SSSR count). The fourth-order valence-electron chi connectivity index (χ4n) is 3.38. The van der Waals surface area contributed by atoms with Gasteiger partial charge in [-0.1, -0.05) is 30.3 Å². The van der Waals surface area contributed by atoms with Crippen molar-refractivity contribution in [2.75, 3.05) is 25.0 Å². The summed E-state index contributed by atoms with van der Waals surface area (Å²) in [6.07, 6.45) is 3.25. The van der Waals surface area contributed by atoms with Crippen LogP contribution in [0.1, 0.15) is 17.0 Å². The summed E-state index contributed by atoms with van der Waals surface area (Å²) >= 11 is 0. The molecule has 140 valence electrons. The molecule has 0 fully saturated rings. The predicted octanol–water partition coefficient (Wildman–Crippen LogP) is 2.65. The van der Waals surface area contributed by atoms with E-state index in [0.29, 0.717) is 13.0 Å². The largest absolute Gasteiger partial charge is 0.469 e. The van der Waals surface area contributed by atoms with E-state index in [9.17, 15) is 5.11 Å². The minimum Gasteiger partial charge on any atom is -0.469 e. The zero-order valence-electron chi connectivity index (χ0n) is 15.2. The first-order chi connectivity index (χ1) is 13.3. The Balaban J connectivity index is 1.57.